The summed E-state index contributed by atoms with van der Waals surface area (Å²) in [7, 11) is 1.81. The van der Waals surface area contributed by atoms with Crippen LogP contribution < -0.4 is 5.32 Å². The number of fused-ring (bicyclic) bond motifs is 1. The zero-order valence-corrected chi connectivity index (χ0v) is 11.4. The summed E-state index contributed by atoms with van der Waals surface area (Å²) in [4.78, 5) is 13.8. The van der Waals surface area contributed by atoms with Crippen molar-refractivity contribution in [2.24, 2.45) is 5.92 Å². The van der Waals surface area contributed by atoms with Crippen molar-refractivity contribution < 1.29 is 4.79 Å². The predicted octanol–water partition coefficient (Wildman–Crippen LogP) is 3.09. The lowest BCUT2D eigenvalue weighted by Crippen LogP contribution is -2.33. The van der Waals surface area contributed by atoms with Gasteiger partial charge in [0.05, 0.1) is 22.4 Å². The minimum atomic E-state index is -0.106. The van der Waals surface area contributed by atoms with E-state index in [1.165, 1.54) is 12.8 Å². The highest BCUT2D eigenvalue weighted by atomic mass is 35.5. The maximum absolute atomic E-state index is 12.1. The van der Waals surface area contributed by atoms with E-state index in [1.807, 2.05) is 7.05 Å². The number of hydrogen-bond acceptors (Lipinski definition) is 2. The van der Waals surface area contributed by atoms with Crippen LogP contribution >= 0.6 is 11.6 Å². The Kier molecular flexibility index (Phi) is 3.06. The smallest absolute Gasteiger partial charge is 0.321 e. The van der Waals surface area contributed by atoms with E-state index in [1.54, 1.807) is 23.2 Å². The summed E-state index contributed by atoms with van der Waals surface area (Å²) < 4.78 is 0. The van der Waals surface area contributed by atoms with Crippen molar-refractivity contribution in [1.29, 1.82) is 0 Å². The molecule has 19 heavy (non-hydrogen) atoms. The van der Waals surface area contributed by atoms with Crippen molar-refractivity contribution in [3.8, 4) is 0 Å². The number of urea groups is 1. The minimum Gasteiger partial charge on any atom is -0.327 e. The Morgan fingerprint density at radius 2 is 2.37 bits per heavy atom. The molecule has 1 heterocycles. The van der Waals surface area contributed by atoms with Gasteiger partial charge >= 0.3 is 6.03 Å². The highest BCUT2D eigenvalue weighted by Gasteiger charge is 2.25. The molecule has 6 heteroatoms. The summed E-state index contributed by atoms with van der Waals surface area (Å²) in [6, 6.07) is 3.44. The van der Waals surface area contributed by atoms with Gasteiger partial charge in [-0.2, -0.15) is 5.10 Å². The van der Waals surface area contributed by atoms with Gasteiger partial charge in [-0.15, -0.1) is 0 Å². The molecule has 1 aliphatic rings. The lowest BCUT2D eigenvalue weighted by Gasteiger charge is -2.17. The Labute approximate surface area is 115 Å². The van der Waals surface area contributed by atoms with E-state index in [-0.39, 0.29) is 6.03 Å². The van der Waals surface area contributed by atoms with Gasteiger partial charge in [-0.1, -0.05) is 11.6 Å². The number of carbonyl (C=O) groups excluding carboxylic acids is 1. The van der Waals surface area contributed by atoms with Crippen molar-refractivity contribution in [2.75, 3.05) is 18.9 Å². The average molecular weight is 279 g/mol. The van der Waals surface area contributed by atoms with Gasteiger partial charge in [0.15, 0.2) is 0 Å². The van der Waals surface area contributed by atoms with Gasteiger partial charge in [0, 0.05) is 19.0 Å². The second-order valence-electron chi connectivity index (χ2n) is 5.01. The summed E-state index contributed by atoms with van der Waals surface area (Å²) in [5.41, 5.74) is 1.45. The molecule has 0 bridgehead atoms. The second-order valence-corrected chi connectivity index (χ2v) is 5.41. The lowest BCUT2D eigenvalue weighted by molar-refractivity contribution is 0.220. The number of halogens is 1. The molecule has 1 fully saturated rings. The third-order valence-electron chi connectivity index (χ3n) is 3.38. The summed E-state index contributed by atoms with van der Waals surface area (Å²) >= 11 is 6.06. The molecule has 0 saturated heterocycles. The summed E-state index contributed by atoms with van der Waals surface area (Å²) in [6.07, 6.45) is 4.11. The van der Waals surface area contributed by atoms with Crippen LogP contribution in [-0.2, 0) is 0 Å². The first-order valence-electron chi connectivity index (χ1n) is 6.29. The van der Waals surface area contributed by atoms with Crippen LogP contribution in [0, 0.1) is 5.92 Å². The summed E-state index contributed by atoms with van der Waals surface area (Å²) in [5.74, 6) is 0.674. The molecule has 1 aromatic carbocycles. The molecule has 100 valence electrons. The number of nitrogens with zero attached hydrogens (tertiary/aromatic N) is 2. The van der Waals surface area contributed by atoms with Crippen LogP contribution in [-0.4, -0.2) is 34.7 Å². The van der Waals surface area contributed by atoms with Gasteiger partial charge in [-0.25, -0.2) is 4.79 Å². The molecule has 1 saturated carbocycles. The summed E-state index contributed by atoms with van der Waals surface area (Å²) in [6.45, 7) is 0.811. The average Bonchev–Trinajstić information content (AvgIpc) is 3.05. The van der Waals surface area contributed by atoms with Crippen LogP contribution in [0.4, 0.5) is 10.5 Å². The molecule has 0 aliphatic heterocycles. The number of carbonyl (C=O) groups is 1. The minimum absolute atomic E-state index is 0.106. The third-order valence-corrected chi connectivity index (χ3v) is 3.71. The van der Waals surface area contributed by atoms with Crippen molar-refractivity contribution in [3.63, 3.8) is 0 Å². The largest absolute Gasteiger partial charge is 0.327 e. The van der Waals surface area contributed by atoms with Gasteiger partial charge in [-0.3, -0.25) is 5.10 Å². The van der Waals surface area contributed by atoms with Crippen LogP contribution in [0.3, 0.4) is 0 Å². The number of benzene rings is 1. The molecule has 2 N–H and O–H groups in total. The van der Waals surface area contributed by atoms with Gasteiger partial charge in [0.25, 0.3) is 0 Å². The van der Waals surface area contributed by atoms with E-state index in [9.17, 15) is 4.79 Å². The number of aromatic nitrogens is 2. The fraction of sp³-hybridized carbons (Fsp3) is 0.385. The van der Waals surface area contributed by atoms with Crippen LogP contribution in [0.2, 0.25) is 5.02 Å². The number of H-pyrrole nitrogens is 1. The van der Waals surface area contributed by atoms with E-state index >= 15 is 0 Å². The van der Waals surface area contributed by atoms with E-state index < -0.39 is 0 Å². The highest BCUT2D eigenvalue weighted by molar-refractivity contribution is 6.35. The Hall–Kier alpha value is -1.75. The Morgan fingerprint density at radius 3 is 3.11 bits per heavy atom. The van der Waals surface area contributed by atoms with Crippen molar-refractivity contribution in [1.82, 2.24) is 15.1 Å². The molecule has 0 radical (unpaired) electrons. The number of nitrogens with one attached hydrogen (secondary N) is 2. The molecule has 2 amide bonds. The van der Waals surface area contributed by atoms with Gasteiger partial charge in [0.2, 0.25) is 0 Å². The zero-order chi connectivity index (χ0) is 13.4. The molecule has 0 unspecified atom stereocenters. The van der Waals surface area contributed by atoms with Crippen molar-refractivity contribution >= 4 is 34.2 Å². The molecule has 0 spiro atoms. The monoisotopic (exact) mass is 278 g/mol. The fourth-order valence-corrected chi connectivity index (χ4v) is 2.29. The lowest BCUT2D eigenvalue weighted by atomic mass is 10.2. The molecule has 1 aromatic heterocycles. The van der Waals surface area contributed by atoms with Crippen LogP contribution in [0.1, 0.15) is 12.8 Å². The van der Waals surface area contributed by atoms with Crippen LogP contribution in [0.5, 0.6) is 0 Å². The highest BCUT2D eigenvalue weighted by Crippen LogP contribution is 2.30. The van der Waals surface area contributed by atoms with Crippen LogP contribution in [0.25, 0.3) is 10.9 Å². The van der Waals surface area contributed by atoms with Crippen molar-refractivity contribution in [2.45, 2.75) is 12.8 Å². The van der Waals surface area contributed by atoms with E-state index in [4.69, 9.17) is 11.6 Å². The maximum Gasteiger partial charge on any atom is 0.321 e. The molecule has 2 aromatic rings. The SMILES string of the molecule is CN(CC1CC1)C(=O)Nc1ccc(Cl)c2cn[nH]c12. The number of hydrogen-bond donors (Lipinski definition) is 2. The number of aromatic amines is 1. The van der Waals surface area contributed by atoms with Gasteiger partial charge in [0.1, 0.15) is 0 Å². The summed E-state index contributed by atoms with van der Waals surface area (Å²) in [5, 5.41) is 11.1. The zero-order valence-electron chi connectivity index (χ0n) is 10.6. The first-order valence-corrected chi connectivity index (χ1v) is 6.66. The molecule has 5 nitrogen and oxygen atoms in total. The number of amides is 2. The first-order chi connectivity index (χ1) is 9.15. The van der Waals surface area contributed by atoms with E-state index in [0.29, 0.717) is 16.6 Å². The fourth-order valence-electron chi connectivity index (χ4n) is 2.09. The van der Waals surface area contributed by atoms with Gasteiger partial charge in [-0.05, 0) is 30.9 Å². The second kappa shape index (κ2) is 4.74. The molecular weight excluding hydrogens is 264 g/mol. The van der Waals surface area contributed by atoms with E-state index in [2.05, 4.69) is 15.5 Å². The van der Waals surface area contributed by atoms with E-state index in [0.717, 1.165) is 17.4 Å². The first kappa shape index (κ1) is 12.3. The number of rotatable bonds is 3. The Morgan fingerprint density at radius 1 is 1.58 bits per heavy atom. The number of anilines is 1. The Bertz CT molecular complexity index is 620. The maximum atomic E-state index is 12.1. The molecule has 3 rings (SSSR count). The normalized spacial score (nSPS) is 14.6. The molecule has 0 atom stereocenters. The molecule has 1 aliphatic carbocycles. The topological polar surface area (TPSA) is 61.0 Å². The molecular formula is C13H15ClN4O. The Balaban J connectivity index is 1.78. The predicted molar refractivity (Wildman–Crippen MR) is 75.5 cm³/mol. The van der Waals surface area contributed by atoms with Crippen LogP contribution in [0.15, 0.2) is 18.3 Å². The van der Waals surface area contributed by atoms with Crippen molar-refractivity contribution in [3.05, 3.63) is 23.4 Å². The third kappa shape index (κ3) is 2.51. The van der Waals surface area contributed by atoms with Gasteiger partial charge < -0.3 is 10.2 Å². The standard InChI is InChI=1S/C13H15ClN4O/c1-18(7-8-2-3-8)13(19)16-11-5-4-10(14)9-6-15-17-12(9)11/h4-6,8H,2-3,7H2,1H3,(H,15,17)(H,16,19). The quantitative estimate of drug-likeness (QED) is 0.906.